The van der Waals surface area contributed by atoms with Gasteiger partial charge in [-0.05, 0) is 91.0 Å². The average molecular weight is 648 g/mol. The molecule has 0 fully saturated rings. The number of thioether (sulfide) groups is 2. The standard InChI is InChI=1S/C27H21FO2S3.C8H10OS/c28-25-18-20(27(30)19-4-2-1-3-5-19)6-15-26(25)33-24-13-11-23(12-14-24)32-22-9-7-21(8-10-22)31-17-16-29;9-6-7-10-8-4-2-1-3-5-8/h1-15,18,29H,16-17H2;1-5,9H,6-7H2/p+1. The molecule has 5 aromatic rings. The van der Waals surface area contributed by atoms with Crippen LogP contribution in [-0.4, -0.2) is 45.5 Å². The molecule has 0 aliphatic heterocycles. The predicted octanol–water partition coefficient (Wildman–Crippen LogP) is 8.92. The fourth-order valence-electron chi connectivity index (χ4n) is 3.78. The van der Waals surface area contributed by atoms with Crippen molar-refractivity contribution in [3.63, 3.8) is 0 Å². The fourth-order valence-corrected chi connectivity index (χ4v) is 6.75. The van der Waals surface area contributed by atoms with E-state index in [2.05, 4.69) is 24.3 Å². The van der Waals surface area contributed by atoms with Gasteiger partial charge in [-0.25, -0.2) is 4.39 Å². The third kappa shape index (κ3) is 10.9. The lowest BCUT2D eigenvalue weighted by atomic mass is 10.0. The molecule has 220 valence electrons. The zero-order valence-electron chi connectivity index (χ0n) is 23.3. The zero-order chi connectivity index (χ0) is 30.3. The number of rotatable bonds is 12. The van der Waals surface area contributed by atoms with Crippen molar-refractivity contribution in [2.45, 2.75) is 29.4 Å². The van der Waals surface area contributed by atoms with Gasteiger partial charge in [0.25, 0.3) is 0 Å². The summed E-state index contributed by atoms with van der Waals surface area (Å²) in [5.41, 5.74) is 1.11. The molecule has 3 nitrogen and oxygen atoms in total. The highest BCUT2D eigenvalue weighted by Crippen LogP contribution is 2.34. The largest absolute Gasteiger partial charge is 0.396 e. The van der Waals surface area contributed by atoms with Gasteiger partial charge < -0.3 is 10.2 Å². The van der Waals surface area contributed by atoms with E-state index in [1.165, 1.54) is 22.7 Å². The Morgan fingerprint density at radius 2 is 1.00 bits per heavy atom. The summed E-state index contributed by atoms with van der Waals surface area (Å²) in [6.45, 7) is 0.424. The van der Waals surface area contributed by atoms with Crippen molar-refractivity contribution in [1.29, 1.82) is 0 Å². The normalized spacial score (nSPS) is 10.6. The van der Waals surface area contributed by atoms with Crippen LogP contribution in [0.2, 0.25) is 0 Å². The van der Waals surface area contributed by atoms with Gasteiger partial charge in [-0.3, -0.25) is 4.79 Å². The summed E-state index contributed by atoms with van der Waals surface area (Å²) in [6, 6.07) is 40.3. The van der Waals surface area contributed by atoms with Crippen molar-refractivity contribution in [1.82, 2.24) is 0 Å². The van der Waals surface area contributed by atoms with Crippen molar-refractivity contribution in [2.24, 2.45) is 0 Å². The summed E-state index contributed by atoms with van der Waals surface area (Å²) in [6.07, 6.45) is 0. The lowest BCUT2D eigenvalue weighted by Crippen LogP contribution is -2.03. The van der Waals surface area contributed by atoms with Crippen molar-refractivity contribution in [2.75, 3.05) is 24.7 Å². The van der Waals surface area contributed by atoms with Gasteiger partial charge in [0, 0.05) is 40.9 Å². The molecule has 8 heteroatoms. The molecule has 0 aliphatic rings. The van der Waals surface area contributed by atoms with E-state index < -0.39 is 0 Å². The molecule has 0 unspecified atom stereocenters. The van der Waals surface area contributed by atoms with Crippen molar-refractivity contribution >= 4 is 52.8 Å². The second kappa shape index (κ2) is 18.0. The Kier molecular flexibility index (Phi) is 13.8. The molecule has 43 heavy (non-hydrogen) atoms. The van der Waals surface area contributed by atoms with Gasteiger partial charge in [0.1, 0.15) is 5.82 Å². The Balaban J connectivity index is 0.000000359. The smallest absolute Gasteiger partial charge is 0.354 e. The summed E-state index contributed by atoms with van der Waals surface area (Å²) in [5.74, 6) is 1.18. The van der Waals surface area contributed by atoms with E-state index in [-0.39, 0.29) is 24.8 Å². The monoisotopic (exact) mass is 647 g/mol. The first-order chi connectivity index (χ1) is 21.1. The van der Waals surface area contributed by atoms with Crippen molar-refractivity contribution in [3.8, 4) is 0 Å². The first-order valence-electron chi connectivity index (χ1n) is 13.5. The third-order valence-electron chi connectivity index (χ3n) is 5.83. The van der Waals surface area contributed by atoms with Crippen molar-refractivity contribution < 1.29 is 19.4 Å². The van der Waals surface area contributed by atoms with E-state index >= 15 is 0 Å². The van der Waals surface area contributed by atoms with Gasteiger partial charge in [-0.2, -0.15) is 0 Å². The lowest BCUT2D eigenvalue weighted by molar-refractivity contribution is 0.322. The minimum absolute atomic E-state index is 0.0625. The number of hydrogen-bond acceptors (Lipinski definition) is 6. The zero-order valence-corrected chi connectivity index (χ0v) is 26.6. The van der Waals surface area contributed by atoms with E-state index in [0.717, 1.165) is 25.3 Å². The summed E-state index contributed by atoms with van der Waals surface area (Å²) >= 11 is 6.33. The topological polar surface area (TPSA) is 61.9 Å². The van der Waals surface area contributed by atoms with E-state index in [1.54, 1.807) is 59.6 Å². The molecule has 0 aliphatic carbocycles. The Hall–Kier alpha value is -2.98. The first kappa shape index (κ1) is 32.9. The maximum Gasteiger partial charge on any atom is 0.354 e. The molecule has 0 saturated carbocycles. The van der Waals surface area contributed by atoms with Gasteiger partial charge in [-0.15, -0.1) is 23.5 Å². The van der Waals surface area contributed by atoms with Gasteiger partial charge in [-0.1, -0.05) is 59.9 Å². The van der Waals surface area contributed by atoms with Crippen LogP contribution in [-0.2, 0) is 0 Å². The number of aliphatic hydroxyl groups excluding tert-OH is 2. The maximum atomic E-state index is 14.7. The number of carbonyl (C=O) groups excluding carboxylic acids is 1. The molecule has 3 N–H and O–H groups in total. The van der Waals surface area contributed by atoms with Gasteiger partial charge >= 0.3 is 5.78 Å². The van der Waals surface area contributed by atoms with Crippen LogP contribution >= 0.6 is 47.0 Å². The molecule has 0 bridgehead atoms. The Bertz CT molecular complexity index is 1550. The van der Waals surface area contributed by atoms with E-state index in [4.69, 9.17) is 10.2 Å². The highest BCUT2D eigenvalue weighted by Gasteiger charge is 2.17. The SMILES string of the molecule is OCCSc1ccc(Sc2ccc(Sc3ccc(C(=[OH+])c4ccccc4)cc3F)cc2)cc1.OCCSc1ccccc1. The molecule has 0 heterocycles. The van der Waals surface area contributed by atoms with Crippen LogP contribution in [0.15, 0.2) is 157 Å². The molecular formula is C35H32FO3S4+. The van der Waals surface area contributed by atoms with Gasteiger partial charge in [0.2, 0.25) is 0 Å². The predicted molar refractivity (Wildman–Crippen MR) is 181 cm³/mol. The molecule has 5 aromatic carbocycles. The van der Waals surface area contributed by atoms with Crippen LogP contribution in [0, 0.1) is 5.82 Å². The minimum Gasteiger partial charge on any atom is -0.396 e. The third-order valence-corrected chi connectivity index (χ3v) is 9.89. The Morgan fingerprint density at radius 1 is 0.535 bits per heavy atom. The van der Waals surface area contributed by atoms with Crippen LogP contribution in [0.25, 0.3) is 0 Å². The number of ketones is 1. The summed E-state index contributed by atoms with van der Waals surface area (Å²) in [4.78, 5) is 16.5. The quantitative estimate of drug-likeness (QED) is 0.0801. The van der Waals surface area contributed by atoms with Gasteiger partial charge in [0.05, 0.1) is 24.3 Å². The highest BCUT2D eigenvalue weighted by molar-refractivity contribution is 8.00. The summed E-state index contributed by atoms with van der Waals surface area (Å²) in [5, 5.41) is 17.4. The molecule has 0 saturated heterocycles. The van der Waals surface area contributed by atoms with E-state index in [0.29, 0.717) is 21.8 Å². The molecule has 0 aromatic heterocycles. The van der Waals surface area contributed by atoms with E-state index in [1.807, 2.05) is 72.8 Å². The number of halogens is 1. The van der Waals surface area contributed by atoms with Crippen LogP contribution in [0.4, 0.5) is 4.39 Å². The van der Waals surface area contributed by atoms with Crippen LogP contribution in [0.3, 0.4) is 0 Å². The van der Waals surface area contributed by atoms with E-state index in [9.17, 15) is 9.18 Å². The highest BCUT2D eigenvalue weighted by atomic mass is 32.2. The molecule has 0 radical (unpaired) electrons. The fraction of sp³-hybridized carbons (Fsp3) is 0.114. The number of hydrogen-bond donors (Lipinski definition) is 2. The lowest BCUT2D eigenvalue weighted by Gasteiger charge is -2.07. The molecule has 0 amide bonds. The minimum atomic E-state index is -0.363. The first-order valence-corrected chi connectivity index (χ1v) is 17.2. The second-order valence-electron chi connectivity index (χ2n) is 8.96. The summed E-state index contributed by atoms with van der Waals surface area (Å²) < 4.78 is 14.7. The van der Waals surface area contributed by atoms with Gasteiger partial charge in [0.15, 0.2) is 0 Å². The van der Waals surface area contributed by atoms with Crippen LogP contribution < -0.4 is 0 Å². The number of aliphatic hydroxyl groups is 2. The maximum absolute atomic E-state index is 14.7. The van der Waals surface area contributed by atoms with Crippen LogP contribution in [0.1, 0.15) is 11.1 Å². The average Bonchev–Trinajstić information content (AvgIpc) is 3.06. The molecule has 0 atom stereocenters. The van der Waals surface area contributed by atoms with Crippen LogP contribution in [0.5, 0.6) is 0 Å². The Morgan fingerprint density at radius 3 is 1.51 bits per heavy atom. The van der Waals surface area contributed by atoms with Crippen molar-refractivity contribution in [3.05, 3.63) is 144 Å². The second-order valence-corrected chi connectivity index (χ2v) is 13.6. The molecule has 0 spiro atoms. The summed E-state index contributed by atoms with van der Waals surface area (Å²) in [7, 11) is 0. The molecule has 5 rings (SSSR count). The Labute approximate surface area is 269 Å². The molecular weight excluding hydrogens is 616 g/mol. The number of benzene rings is 5.